The molecule has 0 aliphatic carbocycles. The predicted molar refractivity (Wildman–Crippen MR) is 86.9 cm³/mol. The molecule has 0 saturated heterocycles. The average Bonchev–Trinajstić information content (AvgIpc) is 2.87. The normalized spacial score (nSPS) is 11.2. The molecule has 0 saturated carbocycles. The second kappa shape index (κ2) is 4.50. The first-order chi connectivity index (χ1) is 9.83. The summed E-state index contributed by atoms with van der Waals surface area (Å²) in [5.41, 5.74) is 4.19. The minimum Gasteiger partial charge on any atom is -0.456 e. The van der Waals surface area contributed by atoms with E-state index in [2.05, 4.69) is 46.3 Å². The van der Waals surface area contributed by atoms with E-state index in [0.717, 1.165) is 32.0 Å². The van der Waals surface area contributed by atoms with E-state index in [1.807, 2.05) is 36.4 Å². The van der Waals surface area contributed by atoms with Crippen LogP contribution in [0.4, 0.5) is 0 Å². The average molecular weight is 323 g/mol. The largest absolute Gasteiger partial charge is 0.456 e. The maximum absolute atomic E-state index is 5.97. The van der Waals surface area contributed by atoms with E-state index < -0.39 is 0 Å². The topological polar surface area (TPSA) is 13.1 Å². The van der Waals surface area contributed by atoms with Gasteiger partial charge in [0.15, 0.2) is 0 Å². The van der Waals surface area contributed by atoms with Crippen molar-refractivity contribution in [2.24, 2.45) is 0 Å². The summed E-state index contributed by atoms with van der Waals surface area (Å²) in [5.74, 6) is 0. The van der Waals surface area contributed by atoms with E-state index in [0.29, 0.717) is 0 Å². The third-order valence-electron chi connectivity index (χ3n) is 3.54. The van der Waals surface area contributed by atoms with Crippen LogP contribution in [0.1, 0.15) is 0 Å². The maximum Gasteiger partial charge on any atom is 0.137 e. The Morgan fingerprint density at radius 3 is 2.30 bits per heavy atom. The minimum absolute atomic E-state index is 0.916. The zero-order valence-electron chi connectivity index (χ0n) is 10.6. The number of fused-ring (bicyclic) bond motifs is 3. The summed E-state index contributed by atoms with van der Waals surface area (Å²) < 4.78 is 7.03. The molecule has 1 heterocycles. The van der Waals surface area contributed by atoms with Gasteiger partial charge in [-0.2, -0.15) is 0 Å². The quantitative estimate of drug-likeness (QED) is 0.418. The van der Waals surface area contributed by atoms with Crippen LogP contribution in [0.2, 0.25) is 0 Å². The number of hydrogen-bond donors (Lipinski definition) is 0. The number of furan rings is 1. The second-order valence-corrected chi connectivity index (χ2v) is 5.65. The Bertz CT molecular complexity index is 907. The van der Waals surface area contributed by atoms with Gasteiger partial charge in [0, 0.05) is 15.2 Å². The van der Waals surface area contributed by atoms with Crippen LogP contribution in [0.25, 0.3) is 33.1 Å². The Labute approximate surface area is 125 Å². The first kappa shape index (κ1) is 11.7. The van der Waals surface area contributed by atoms with Gasteiger partial charge < -0.3 is 4.42 Å². The molecule has 0 amide bonds. The molecule has 0 N–H and O–H groups in total. The van der Waals surface area contributed by atoms with Gasteiger partial charge in [-0.15, -0.1) is 0 Å². The summed E-state index contributed by atoms with van der Waals surface area (Å²) in [5, 5.41) is 2.29. The zero-order valence-corrected chi connectivity index (χ0v) is 12.2. The van der Waals surface area contributed by atoms with E-state index >= 15 is 0 Å². The summed E-state index contributed by atoms with van der Waals surface area (Å²) in [7, 11) is 0. The highest BCUT2D eigenvalue weighted by molar-refractivity contribution is 9.10. The molecule has 0 bridgehead atoms. The molecule has 4 aromatic rings. The SMILES string of the molecule is Brc1cc(-c2ccccc2)cc2oc3ccccc3c12. The molecule has 0 fully saturated rings. The Morgan fingerprint density at radius 2 is 1.45 bits per heavy atom. The van der Waals surface area contributed by atoms with Gasteiger partial charge in [-0.1, -0.05) is 48.5 Å². The molecular weight excluding hydrogens is 312 g/mol. The fourth-order valence-corrected chi connectivity index (χ4v) is 3.26. The Balaban J connectivity index is 2.06. The van der Waals surface area contributed by atoms with Gasteiger partial charge in [-0.05, 0) is 45.3 Å². The van der Waals surface area contributed by atoms with Crippen molar-refractivity contribution in [3.63, 3.8) is 0 Å². The lowest BCUT2D eigenvalue weighted by molar-refractivity contribution is 0.669. The summed E-state index contributed by atoms with van der Waals surface area (Å²) in [6.45, 7) is 0. The van der Waals surface area contributed by atoms with Crippen LogP contribution in [-0.4, -0.2) is 0 Å². The van der Waals surface area contributed by atoms with Crippen LogP contribution in [-0.2, 0) is 0 Å². The monoisotopic (exact) mass is 322 g/mol. The number of rotatable bonds is 1. The number of benzene rings is 3. The molecule has 0 spiro atoms. The molecule has 1 nitrogen and oxygen atoms in total. The molecule has 0 aliphatic rings. The standard InChI is InChI=1S/C18H11BrO/c19-15-10-13(12-6-2-1-3-7-12)11-17-18(15)14-8-4-5-9-16(14)20-17/h1-11H. The van der Waals surface area contributed by atoms with Gasteiger partial charge in [-0.25, -0.2) is 0 Å². The fourth-order valence-electron chi connectivity index (χ4n) is 2.60. The zero-order chi connectivity index (χ0) is 13.5. The van der Waals surface area contributed by atoms with Crippen LogP contribution >= 0.6 is 15.9 Å². The summed E-state index contributed by atoms with van der Waals surface area (Å²) in [6.07, 6.45) is 0. The Hall–Kier alpha value is -2.06. The van der Waals surface area contributed by atoms with Gasteiger partial charge in [0.05, 0.1) is 0 Å². The maximum atomic E-state index is 5.97. The number of halogens is 1. The highest BCUT2D eigenvalue weighted by atomic mass is 79.9. The van der Waals surface area contributed by atoms with Crippen LogP contribution in [0, 0.1) is 0 Å². The van der Waals surface area contributed by atoms with Gasteiger partial charge in [0.2, 0.25) is 0 Å². The predicted octanol–water partition coefficient (Wildman–Crippen LogP) is 6.02. The van der Waals surface area contributed by atoms with Crippen molar-refractivity contribution in [1.29, 1.82) is 0 Å². The highest BCUT2D eigenvalue weighted by Gasteiger charge is 2.11. The van der Waals surface area contributed by atoms with Gasteiger partial charge in [0.1, 0.15) is 11.2 Å². The molecule has 0 aliphatic heterocycles. The molecular formula is C18H11BrO. The van der Waals surface area contributed by atoms with Crippen molar-refractivity contribution >= 4 is 37.9 Å². The molecule has 1 aromatic heterocycles. The van der Waals surface area contributed by atoms with Gasteiger partial charge in [0.25, 0.3) is 0 Å². The van der Waals surface area contributed by atoms with Crippen LogP contribution in [0.3, 0.4) is 0 Å². The van der Waals surface area contributed by atoms with Crippen LogP contribution < -0.4 is 0 Å². The van der Waals surface area contributed by atoms with E-state index in [1.165, 1.54) is 5.56 Å². The van der Waals surface area contributed by atoms with Gasteiger partial charge in [-0.3, -0.25) is 0 Å². The lowest BCUT2D eigenvalue weighted by Gasteiger charge is -2.03. The van der Waals surface area contributed by atoms with E-state index in [4.69, 9.17) is 4.42 Å². The van der Waals surface area contributed by atoms with Crippen molar-refractivity contribution in [1.82, 2.24) is 0 Å². The molecule has 4 rings (SSSR count). The molecule has 20 heavy (non-hydrogen) atoms. The lowest BCUT2D eigenvalue weighted by Crippen LogP contribution is -1.78. The van der Waals surface area contributed by atoms with Crippen molar-refractivity contribution in [3.8, 4) is 11.1 Å². The van der Waals surface area contributed by atoms with E-state index in [-0.39, 0.29) is 0 Å². The molecule has 96 valence electrons. The molecule has 0 unspecified atom stereocenters. The van der Waals surface area contributed by atoms with Crippen LogP contribution in [0.5, 0.6) is 0 Å². The third-order valence-corrected chi connectivity index (χ3v) is 4.16. The van der Waals surface area contributed by atoms with Crippen molar-refractivity contribution in [3.05, 3.63) is 71.2 Å². The molecule has 3 aromatic carbocycles. The highest BCUT2D eigenvalue weighted by Crippen LogP contribution is 2.37. The van der Waals surface area contributed by atoms with Gasteiger partial charge >= 0.3 is 0 Å². The molecule has 0 atom stereocenters. The second-order valence-electron chi connectivity index (χ2n) is 4.80. The van der Waals surface area contributed by atoms with Crippen molar-refractivity contribution in [2.45, 2.75) is 0 Å². The first-order valence-electron chi connectivity index (χ1n) is 6.49. The number of hydrogen-bond acceptors (Lipinski definition) is 1. The lowest BCUT2D eigenvalue weighted by atomic mass is 10.0. The Morgan fingerprint density at radius 1 is 0.700 bits per heavy atom. The number of para-hydroxylation sites is 1. The summed E-state index contributed by atoms with van der Waals surface area (Å²) in [6, 6.07) is 22.7. The molecule has 2 heteroatoms. The van der Waals surface area contributed by atoms with Crippen molar-refractivity contribution in [2.75, 3.05) is 0 Å². The van der Waals surface area contributed by atoms with E-state index in [1.54, 1.807) is 0 Å². The third kappa shape index (κ3) is 1.76. The summed E-state index contributed by atoms with van der Waals surface area (Å²) in [4.78, 5) is 0. The van der Waals surface area contributed by atoms with Crippen molar-refractivity contribution < 1.29 is 4.42 Å². The minimum atomic E-state index is 0.916. The molecule has 0 radical (unpaired) electrons. The smallest absolute Gasteiger partial charge is 0.137 e. The van der Waals surface area contributed by atoms with E-state index in [9.17, 15) is 0 Å². The Kier molecular flexibility index (Phi) is 2.64. The first-order valence-corrected chi connectivity index (χ1v) is 7.28. The summed E-state index contributed by atoms with van der Waals surface area (Å²) >= 11 is 3.69. The fraction of sp³-hybridized carbons (Fsp3) is 0. The van der Waals surface area contributed by atoms with Crippen LogP contribution in [0.15, 0.2) is 75.6 Å².